The maximum atomic E-state index is 6.20. The Labute approximate surface area is 106 Å². The maximum absolute atomic E-state index is 6.20. The molecule has 0 unspecified atom stereocenters. The predicted octanol–water partition coefficient (Wildman–Crippen LogP) is 3.77. The Kier molecular flexibility index (Phi) is 2.67. The Morgan fingerprint density at radius 1 is 1.29 bits per heavy atom. The van der Waals surface area contributed by atoms with Crippen molar-refractivity contribution >= 4 is 11.6 Å². The Morgan fingerprint density at radius 3 is 2.65 bits per heavy atom. The van der Waals surface area contributed by atoms with Crippen LogP contribution in [0.5, 0.6) is 0 Å². The zero-order chi connectivity index (χ0) is 11.8. The van der Waals surface area contributed by atoms with Gasteiger partial charge < -0.3 is 0 Å². The largest absolute Gasteiger partial charge is 0.249 e. The van der Waals surface area contributed by atoms with E-state index in [4.69, 9.17) is 11.6 Å². The smallest absolute Gasteiger partial charge is 0.127 e. The fourth-order valence-corrected chi connectivity index (χ4v) is 2.18. The van der Waals surface area contributed by atoms with Gasteiger partial charge in [0, 0.05) is 5.92 Å². The first-order valence-corrected chi connectivity index (χ1v) is 6.39. The van der Waals surface area contributed by atoms with Gasteiger partial charge in [-0.2, -0.15) is 5.10 Å². The number of aromatic nitrogens is 2. The minimum absolute atomic E-state index is 0.659. The number of rotatable bonds is 3. The standard InChI is InChI=1S/C14H15ClN2/c1-10-2-4-11(5-3-10)9-17-14(15)8-13(16-17)12-6-7-12/h2-5,8,12H,6-7,9H2,1H3. The van der Waals surface area contributed by atoms with Crippen molar-refractivity contribution in [3.8, 4) is 0 Å². The van der Waals surface area contributed by atoms with Crippen molar-refractivity contribution in [1.29, 1.82) is 0 Å². The minimum atomic E-state index is 0.659. The van der Waals surface area contributed by atoms with E-state index < -0.39 is 0 Å². The molecule has 1 fully saturated rings. The Bertz CT molecular complexity index is 524. The summed E-state index contributed by atoms with van der Waals surface area (Å²) in [5, 5.41) is 5.32. The first kappa shape index (κ1) is 10.8. The summed E-state index contributed by atoms with van der Waals surface area (Å²) < 4.78 is 1.89. The molecule has 0 N–H and O–H groups in total. The fourth-order valence-electron chi connectivity index (χ4n) is 1.97. The third-order valence-electron chi connectivity index (χ3n) is 3.20. The van der Waals surface area contributed by atoms with Crippen LogP contribution in [0.15, 0.2) is 30.3 Å². The second kappa shape index (κ2) is 4.19. The lowest BCUT2D eigenvalue weighted by atomic mass is 10.1. The van der Waals surface area contributed by atoms with Crippen LogP contribution in [0.25, 0.3) is 0 Å². The summed E-state index contributed by atoms with van der Waals surface area (Å²) >= 11 is 6.20. The topological polar surface area (TPSA) is 17.8 Å². The van der Waals surface area contributed by atoms with Crippen LogP contribution in [0.2, 0.25) is 5.15 Å². The van der Waals surface area contributed by atoms with E-state index in [1.54, 1.807) is 0 Å². The molecule has 1 aromatic heterocycles. The zero-order valence-electron chi connectivity index (χ0n) is 9.86. The lowest BCUT2D eigenvalue weighted by Gasteiger charge is -2.03. The van der Waals surface area contributed by atoms with Crippen molar-refractivity contribution in [3.05, 3.63) is 52.3 Å². The fraction of sp³-hybridized carbons (Fsp3) is 0.357. The molecule has 3 heteroatoms. The number of benzene rings is 1. The molecule has 0 saturated heterocycles. The van der Waals surface area contributed by atoms with Gasteiger partial charge in [0.2, 0.25) is 0 Å². The van der Waals surface area contributed by atoms with E-state index in [1.165, 1.54) is 24.0 Å². The molecule has 3 rings (SSSR count). The quantitative estimate of drug-likeness (QED) is 0.806. The van der Waals surface area contributed by atoms with Crippen LogP contribution >= 0.6 is 11.6 Å². The van der Waals surface area contributed by atoms with Gasteiger partial charge in [0.1, 0.15) is 5.15 Å². The molecular weight excluding hydrogens is 232 g/mol. The number of hydrogen-bond acceptors (Lipinski definition) is 1. The molecule has 0 radical (unpaired) electrons. The molecule has 0 atom stereocenters. The number of hydrogen-bond donors (Lipinski definition) is 0. The lowest BCUT2D eigenvalue weighted by molar-refractivity contribution is 0.673. The molecule has 2 aromatic rings. The second-order valence-corrected chi connectivity index (χ2v) is 5.20. The van der Waals surface area contributed by atoms with Crippen molar-refractivity contribution < 1.29 is 0 Å². The lowest BCUT2D eigenvalue weighted by Crippen LogP contribution is -2.02. The summed E-state index contributed by atoms with van der Waals surface area (Å²) in [5.41, 5.74) is 3.67. The van der Waals surface area contributed by atoms with Gasteiger partial charge >= 0.3 is 0 Å². The van der Waals surface area contributed by atoms with Gasteiger partial charge in [0.25, 0.3) is 0 Å². The van der Waals surface area contributed by atoms with Gasteiger partial charge in [-0.25, -0.2) is 4.68 Å². The van der Waals surface area contributed by atoms with Crippen LogP contribution in [-0.2, 0) is 6.54 Å². The van der Waals surface area contributed by atoms with E-state index in [0.29, 0.717) is 5.92 Å². The normalized spacial score (nSPS) is 15.2. The van der Waals surface area contributed by atoms with Crippen molar-refractivity contribution in [3.63, 3.8) is 0 Å². The van der Waals surface area contributed by atoms with Crippen LogP contribution in [0.1, 0.15) is 35.6 Å². The second-order valence-electron chi connectivity index (χ2n) is 4.81. The molecule has 1 saturated carbocycles. The molecule has 1 heterocycles. The Hall–Kier alpha value is -1.28. The van der Waals surface area contributed by atoms with Crippen LogP contribution in [0.3, 0.4) is 0 Å². The molecule has 0 amide bonds. The monoisotopic (exact) mass is 246 g/mol. The summed E-state index contributed by atoms with van der Waals surface area (Å²) in [6, 6.07) is 10.5. The summed E-state index contributed by atoms with van der Waals surface area (Å²) in [6.45, 7) is 2.85. The minimum Gasteiger partial charge on any atom is -0.249 e. The molecule has 17 heavy (non-hydrogen) atoms. The van der Waals surface area contributed by atoms with Crippen molar-refractivity contribution in [1.82, 2.24) is 9.78 Å². The van der Waals surface area contributed by atoms with Gasteiger partial charge in [-0.1, -0.05) is 41.4 Å². The molecule has 0 bridgehead atoms. The van der Waals surface area contributed by atoms with Crippen molar-refractivity contribution in [2.75, 3.05) is 0 Å². The molecule has 1 aromatic carbocycles. The van der Waals surface area contributed by atoms with Crippen LogP contribution < -0.4 is 0 Å². The molecule has 1 aliphatic rings. The average Bonchev–Trinajstić information content (AvgIpc) is 3.09. The number of aryl methyl sites for hydroxylation is 1. The van der Waals surface area contributed by atoms with E-state index in [2.05, 4.69) is 36.3 Å². The third-order valence-corrected chi connectivity index (χ3v) is 3.50. The van der Waals surface area contributed by atoms with Gasteiger partial charge in [-0.05, 0) is 31.4 Å². The van der Waals surface area contributed by atoms with E-state index in [-0.39, 0.29) is 0 Å². The molecule has 88 valence electrons. The molecule has 2 nitrogen and oxygen atoms in total. The Morgan fingerprint density at radius 2 is 2.00 bits per heavy atom. The average molecular weight is 247 g/mol. The Balaban J connectivity index is 1.81. The summed E-state index contributed by atoms with van der Waals surface area (Å²) in [7, 11) is 0. The molecule has 1 aliphatic carbocycles. The summed E-state index contributed by atoms with van der Waals surface area (Å²) in [4.78, 5) is 0. The molecule has 0 spiro atoms. The molecule has 0 aliphatic heterocycles. The van der Waals surface area contributed by atoms with E-state index in [1.807, 2.05) is 10.7 Å². The summed E-state index contributed by atoms with van der Waals surface area (Å²) in [6.07, 6.45) is 2.52. The number of nitrogens with zero attached hydrogens (tertiary/aromatic N) is 2. The maximum Gasteiger partial charge on any atom is 0.127 e. The van der Waals surface area contributed by atoms with Gasteiger partial charge in [0.05, 0.1) is 12.2 Å². The highest BCUT2D eigenvalue weighted by Gasteiger charge is 2.26. The van der Waals surface area contributed by atoms with E-state index in [9.17, 15) is 0 Å². The third kappa shape index (κ3) is 2.37. The SMILES string of the molecule is Cc1ccc(Cn2nc(C3CC3)cc2Cl)cc1. The van der Waals surface area contributed by atoms with Crippen molar-refractivity contribution in [2.24, 2.45) is 0 Å². The highest BCUT2D eigenvalue weighted by molar-refractivity contribution is 6.29. The predicted molar refractivity (Wildman–Crippen MR) is 69.5 cm³/mol. The van der Waals surface area contributed by atoms with Crippen LogP contribution in [0.4, 0.5) is 0 Å². The highest BCUT2D eigenvalue weighted by Crippen LogP contribution is 2.40. The van der Waals surface area contributed by atoms with Gasteiger partial charge in [-0.3, -0.25) is 0 Å². The first-order chi connectivity index (χ1) is 8.22. The van der Waals surface area contributed by atoms with Crippen molar-refractivity contribution in [2.45, 2.75) is 32.2 Å². The number of halogens is 1. The van der Waals surface area contributed by atoms with Crippen LogP contribution in [-0.4, -0.2) is 9.78 Å². The summed E-state index contributed by atoms with van der Waals surface area (Å²) in [5.74, 6) is 0.659. The first-order valence-electron chi connectivity index (χ1n) is 6.01. The van der Waals surface area contributed by atoms with E-state index >= 15 is 0 Å². The van der Waals surface area contributed by atoms with Gasteiger partial charge in [-0.15, -0.1) is 0 Å². The molecular formula is C14H15ClN2. The van der Waals surface area contributed by atoms with Gasteiger partial charge in [0.15, 0.2) is 0 Å². The highest BCUT2D eigenvalue weighted by atomic mass is 35.5. The van der Waals surface area contributed by atoms with E-state index in [0.717, 1.165) is 17.4 Å². The van der Waals surface area contributed by atoms with Crippen LogP contribution in [0, 0.1) is 6.92 Å². The zero-order valence-corrected chi connectivity index (χ0v) is 10.6.